The summed E-state index contributed by atoms with van der Waals surface area (Å²) >= 11 is 0. The number of urea groups is 1. The van der Waals surface area contributed by atoms with Crippen molar-refractivity contribution < 1.29 is 14.7 Å². The average Bonchev–Trinajstić information content (AvgIpc) is 2.30. The average molecular weight is 264 g/mol. The Morgan fingerprint density at radius 2 is 1.79 bits per heavy atom. The molecule has 0 radical (unpaired) electrons. The second-order valence-corrected chi connectivity index (χ2v) is 4.96. The molecule has 0 aliphatic heterocycles. The van der Waals surface area contributed by atoms with Crippen LogP contribution in [0.1, 0.15) is 25.0 Å². The first-order valence-electron chi connectivity index (χ1n) is 6.19. The first-order chi connectivity index (χ1) is 8.81. The maximum absolute atomic E-state index is 11.7. The van der Waals surface area contributed by atoms with Crippen LogP contribution in [0.15, 0.2) is 18.2 Å². The van der Waals surface area contributed by atoms with E-state index in [2.05, 4.69) is 10.6 Å². The second-order valence-electron chi connectivity index (χ2n) is 4.96. The Morgan fingerprint density at radius 1 is 1.16 bits per heavy atom. The number of anilines is 1. The number of nitrogens with one attached hydrogen (secondary N) is 2. The Kier molecular flexibility index (Phi) is 4.92. The fourth-order valence-electron chi connectivity index (χ4n) is 1.64. The van der Waals surface area contributed by atoms with Crippen LogP contribution in [0, 0.1) is 19.8 Å². The first kappa shape index (κ1) is 15.0. The lowest BCUT2D eigenvalue weighted by molar-refractivity contribution is -0.140. The number of aliphatic carboxylic acids is 1. The molecular formula is C14H20N2O3. The van der Waals surface area contributed by atoms with E-state index in [1.807, 2.05) is 26.0 Å². The summed E-state index contributed by atoms with van der Waals surface area (Å²) in [7, 11) is 0. The molecule has 5 nitrogen and oxygen atoms in total. The molecule has 19 heavy (non-hydrogen) atoms. The van der Waals surface area contributed by atoms with Gasteiger partial charge >= 0.3 is 12.0 Å². The van der Waals surface area contributed by atoms with Gasteiger partial charge in [0.15, 0.2) is 0 Å². The van der Waals surface area contributed by atoms with E-state index < -0.39 is 18.0 Å². The van der Waals surface area contributed by atoms with Crippen molar-refractivity contribution in [2.45, 2.75) is 33.7 Å². The lowest BCUT2D eigenvalue weighted by Crippen LogP contribution is -2.46. The summed E-state index contributed by atoms with van der Waals surface area (Å²) in [6.07, 6.45) is 0. The van der Waals surface area contributed by atoms with Gasteiger partial charge in [-0.2, -0.15) is 0 Å². The number of aryl methyl sites for hydroxylation is 2. The van der Waals surface area contributed by atoms with Crippen LogP contribution in [-0.2, 0) is 4.79 Å². The molecule has 0 aromatic heterocycles. The molecule has 1 atom stereocenters. The zero-order chi connectivity index (χ0) is 14.6. The van der Waals surface area contributed by atoms with Gasteiger partial charge in [-0.25, -0.2) is 9.59 Å². The van der Waals surface area contributed by atoms with E-state index >= 15 is 0 Å². The number of carbonyl (C=O) groups is 2. The van der Waals surface area contributed by atoms with Crippen molar-refractivity contribution in [2.75, 3.05) is 5.32 Å². The van der Waals surface area contributed by atoms with Crippen LogP contribution in [0.3, 0.4) is 0 Å². The molecule has 1 aromatic carbocycles. The fraction of sp³-hybridized carbons (Fsp3) is 0.429. The predicted octanol–water partition coefficient (Wildman–Crippen LogP) is 2.53. The maximum Gasteiger partial charge on any atom is 0.326 e. The Morgan fingerprint density at radius 3 is 2.26 bits per heavy atom. The largest absolute Gasteiger partial charge is 0.480 e. The SMILES string of the molecule is Cc1ccc(NC(=O)N[C@@H](C(=O)O)C(C)C)cc1C. The molecule has 0 fully saturated rings. The number of amides is 2. The third kappa shape index (κ3) is 4.28. The Balaban J connectivity index is 2.69. The predicted molar refractivity (Wildman–Crippen MR) is 74.3 cm³/mol. The van der Waals surface area contributed by atoms with E-state index in [0.717, 1.165) is 11.1 Å². The number of carboxylic acids is 1. The van der Waals surface area contributed by atoms with Crippen molar-refractivity contribution in [2.24, 2.45) is 5.92 Å². The molecule has 0 bridgehead atoms. The molecule has 0 unspecified atom stereocenters. The summed E-state index contributed by atoms with van der Waals surface area (Å²) in [6.45, 7) is 7.43. The highest BCUT2D eigenvalue weighted by molar-refractivity contribution is 5.92. The van der Waals surface area contributed by atoms with Gasteiger partial charge in [-0.3, -0.25) is 0 Å². The molecule has 0 saturated carbocycles. The molecule has 2 amide bonds. The molecular weight excluding hydrogens is 244 g/mol. The number of hydrogen-bond donors (Lipinski definition) is 3. The number of carboxylic acid groups (broad SMARTS) is 1. The summed E-state index contributed by atoms with van der Waals surface area (Å²) in [6, 6.07) is 4.13. The van der Waals surface area contributed by atoms with Crippen molar-refractivity contribution in [3.05, 3.63) is 29.3 Å². The van der Waals surface area contributed by atoms with Crippen molar-refractivity contribution >= 4 is 17.7 Å². The van der Waals surface area contributed by atoms with Crippen LogP contribution in [0.4, 0.5) is 10.5 Å². The van der Waals surface area contributed by atoms with Crippen LogP contribution in [-0.4, -0.2) is 23.1 Å². The minimum atomic E-state index is -1.04. The lowest BCUT2D eigenvalue weighted by Gasteiger charge is -2.18. The van der Waals surface area contributed by atoms with Gasteiger partial charge in [0.1, 0.15) is 6.04 Å². The minimum absolute atomic E-state index is 0.178. The van der Waals surface area contributed by atoms with Gasteiger partial charge in [0.05, 0.1) is 0 Å². The van der Waals surface area contributed by atoms with E-state index in [0.29, 0.717) is 5.69 Å². The maximum atomic E-state index is 11.7. The van der Waals surface area contributed by atoms with E-state index in [1.165, 1.54) is 0 Å². The summed E-state index contributed by atoms with van der Waals surface area (Å²) in [5.41, 5.74) is 2.85. The van der Waals surface area contributed by atoms with E-state index in [1.54, 1.807) is 19.9 Å². The highest BCUT2D eigenvalue weighted by Gasteiger charge is 2.23. The number of benzene rings is 1. The monoisotopic (exact) mass is 264 g/mol. The molecule has 5 heteroatoms. The highest BCUT2D eigenvalue weighted by atomic mass is 16.4. The van der Waals surface area contributed by atoms with E-state index in [9.17, 15) is 9.59 Å². The molecule has 0 saturated heterocycles. The van der Waals surface area contributed by atoms with Gasteiger partial charge in [0, 0.05) is 5.69 Å². The van der Waals surface area contributed by atoms with E-state index in [-0.39, 0.29) is 5.92 Å². The van der Waals surface area contributed by atoms with Crippen molar-refractivity contribution in [3.63, 3.8) is 0 Å². The highest BCUT2D eigenvalue weighted by Crippen LogP contribution is 2.14. The second kappa shape index (κ2) is 6.22. The van der Waals surface area contributed by atoms with Crippen LogP contribution in [0.2, 0.25) is 0 Å². The molecule has 0 heterocycles. The molecule has 3 N–H and O–H groups in total. The van der Waals surface area contributed by atoms with Crippen molar-refractivity contribution in [3.8, 4) is 0 Å². The molecule has 1 rings (SSSR count). The minimum Gasteiger partial charge on any atom is -0.480 e. The quantitative estimate of drug-likeness (QED) is 0.782. The normalized spacial score (nSPS) is 12.1. The molecule has 0 spiro atoms. The Hall–Kier alpha value is -2.04. The Labute approximate surface area is 113 Å². The topological polar surface area (TPSA) is 78.4 Å². The van der Waals surface area contributed by atoms with Gasteiger partial charge in [-0.15, -0.1) is 0 Å². The van der Waals surface area contributed by atoms with Gasteiger partial charge in [-0.1, -0.05) is 19.9 Å². The zero-order valence-corrected chi connectivity index (χ0v) is 11.7. The summed E-state index contributed by atoms with van der Waals surface area (Å²) in [5, 5.41) is 14.1. The van der Waals surface area contributed by atoms with Crippen LogP contribution in [0.25, 0.3) is 0 Å². The van der Waals surface area contributed by atoms with Crippen molar-refractivity contribution in [1.29, 1.82) is 0 Å². The fourth-order valence-corrected chi connectivity index (χ4v) is 1.64. The zero-order valence-electron chi connectivity index (χ0n) is 11.7. The summed E-state index contributed by atoms with van der Waals surface area (Å²) in [4.78, 5) is 22.7. The van der Waals surface area contributed by atoms with Crippen LogP contribution in [0.5, 0.6) is 0 Å². The third-order valence-corrected chi connectivity index (χ3v) is 2.98. The molecule has 0 aliphatic rings. The van der Waals surface area contributed by atoms with E-state index in [4.69, 9.17) is 5.11 Å². The van der Waals surface area contributed by atoms with Gasteiger partial charge in [0.2, 0.25) is 0 Å². The van der Waals surface area contributed by atoms with Crippen molar-refractivity contribution in [1.82, 2.24) is 5.32 Å². The lowest BCUT2D eigenvalue weighted by atomic mass is 10.1. The molecule has 1 aromatic rings. The number of carbonyl (C=O) groups excluding carboxylic acids is 1. The summed E-state index contributed by atoms with van der Waals surface area (Å²) in [5.74, 6) is -1.21. The molecule has 0 aliphatic carbocycles. The van der Waals surface area contributed by atoms with Gasteiger partial charge in [0.25, 0.3) is 0 Å². The van der Waals surface area contributed by atoms with Gasteiger partial charge in [-0.05, 0) is 43.0 Å². The first-order valence-corrected chi connectivity index (χ1v) is 6.19. The smallest absolute Gasteiger partial charge is 0.326 e. The number of rotatable bonds is 4. The standard InChI is InChI=1S/C14H20N2O3/c1-8(2)12(13(17)18)16-14(19)15-11-6-5-9(3)10(4)7-11/h5-8,12H,1-4H3,(H,17,18)(H2,15,16,19)/t12-/m1/s1. The molecule has 104 valence electrons. The third-order valence-electron chi connectivity index (χ3n) is 2.98. The van der Waals surface area contributed by atoms with Gasteiger partial charge < -0.3 is 15.7 Å². The Bertz CT molecular complexity index is 484. The van der Waals surface area contributed by atoms with Crippen LogP contribution >= 0.6 is 0 Å². The summed E-state index contributed by atoms with van der Waals surface area (Å²) < 4.78 is 0. The number of hydrogen-bond acceptors (Lipinski definition) is 2. The van der Waals surface area contributed by atoms with Crippen LogP contribution < -0.4 is 10.6 Å².